The number of fused-ring (bicyclic) bond motifs is 3. The summed E-state index contributed by atoms with van der Waals surface area (Å²) in [4.78, 5) is 3.46. The molecule has 0 saturated carbocycles. The number of benzene rings is 5. The minimum atomic E-state index is 1.20. The quantitative estimate of drug-likeness (QED) is 0.110. The Kier molecular flexibility index (Phi) is 19.4. The van der Waals surface area contributed by atoms with Crippen LogP contribution in [0.4, 0.5) is 0 Å². The van der Waals surface area contributed by atoms with Crippen LogP contribution in [-0.4, -0.2) is 4.98 Å². The van der Waals surface area contributed by atoms with Gasteiger partial charge in [-0.2, -0.15) is 0 Å². The predicted molar refractivity (Wildman–Crippen MR) is 193 cm³/mol. The Labute approximate surface area is 259 Å². The number of rotatable bonds is 2. The van der Waals surface area contributed by atoms with Gasteiger partial charge in [0.25, 0.3) is 0 Å². The van der Waals surface area contributed by atoms with E-state index in [1.165, 1.54) is 44.1 Å². The maximum Gasteiger partial charge on any atom is 0.0465 e. The van der Waals surface area contributed by atoms with Crippen molar-refractivity contribution in [3.8, 4) is 11.1 Å². The summed E-state index contributed by atoms with van der Waals surface area (Å²) < 4.78 is 0. The van der Waals surface area contributed by atoms with Crippen molar-refractivity contribution >= 4 is 21.8 Å². The highest BCUT2D eigenvalue weighted by Gasteiger charge is 2.05. The van der Waals surface area contributed by atoms with Crippen LogP contribution in [0.25, 0.3) is 32.9 Å². The largest absolute Gasteiger partial charge is 0.355 e. The third-order valence-corrected chi connectivity index (χ3v) is 5.99. The van der Waals surface area contributed by atoms with Crippen LogP contribution < -0.4 is 11.7 Å². The molecule has 1 heterocycles. The Morgan fingerprint density at radius 3 is 1.33 bits per heavy atom. The van der Waals surface area contributed by atoms with Crippen molar-refractivity contribution in [2.24, 2.45) is 11.7 Å². The number of hydrazine groups is 1. The Morgan fingerprint density at radius 2 is 0.884 bits per heavy atom. The molecule has 5 N–H and O–H groups in total. The van der Waals surface area contributed by atoms with Crippen molar-refractivity contribution in [1.82, 2.24) is 4.98 Å². The van der Waals surface area contributed by atoms with Gasteiger partial charge >= 0.3 is 0 Å². The van der Waals surface area contributed by atoms with E-state index in [-0.39, 0.29) is 0 Å². The van der Waals surface area contributed by atoms with Crippen LogP contribution in [0.15, 0.2) is 158 Å². The minimum Gasteiger partial charge on any atom is -0.355 e. The van der Waals surface area contributed by atoms with Crippen LogP contribution in [0.2, 0.25) is 0 Å². The lowest BCUT2D eigenvalue weighted by Gasteiger charge is -2.01. The molecule has 0 saturated heterocycles. The van der Waals surface area contributed by atoms with Gasteiger partial charge in [0.1, 0.15) is 0 Å². The van der Waals surface area contributed by atoms with E-state index in [9.17, 15) is 0 Å². The second kappa shape index (κ2) is 22.9. The van der Waals surface area contributed by atoms with Gasteiger partial charge in [0.15, 0.2) is 0 Å². The van der Waals surface area contributed by atoms with E-state index in [0.717, 1.165) is 0 Å². The van der Waals surface area contributed by atoms with Crippen molar-refractivity contribution < 1.29 is 0 Å². The lowest BCUT2D eigenvalue weighted by molar-refractivity contribution is 1.26. The molecule has 224 valence electrons. The number of para-hydroxylation sites is 1. The molecule has 6 rings (SSSR count). The van der Waals surface area contributed by atoms with E-state index in [2.05, 4.69) is 122 Å². The van der Waals surface area contributed by atoms with Crippen LogP contribution in [-0.2, 0) is 0 Å². The first-order valence-electron chi connectivity index (χ1n) is 14.8. The van der Waals surface area contributed by atoms with Crippen molar-refractivity contribution in [3.63, 3.8) is 0 Å². The van der Waals surface area contributed by atoms with Crippen LogP contribution >= 0.6 is 0 Å². The zero-order chi connectivity index (χ0) is 31.7. The first-order chi connectivity index (χ1) is 21.1. The second-order valence-corrected chi connectivity index (χ2v) is 9.16. The third-order valence-electron chi connectivity index (χ3n) is 5.99. The minimum absolute atomic E-state index is 1.20. The maximum atomic E-state index is 4.00. The van der Waals surface area contributed by atoms with Crippen LogP contribution in [0.3, 0.4) is 0 Å². The molecule has 0 atom stereocenters. The average Bonchev–Trinajstić information content (AvgIpc) is 3.46. The van der Waals surface area contributed by atoms with Crippen LogP contribution in [0.5, 0.6) is 0 Å². The first kappa shape index (κ1) is 36.3. The van der Waals surface area contributed by atoms with E-state index in [0.29, 0.717) is 0 Å². The predicted octanol–water partition coefficient (Wildman–Crippen LogP) is 11.0. The molecule has 0 aliphatic rings. The lowest BCUT2D eigenvalue weighted by atomic mass is 10.0. The van der Waals surface area contributed by atoms with Crippen LogP contribution in [0.1, 0.15) is 38.8 Å². The molecule has 3 heteroatoms. The highest BCUT2D eigenvalue weighted by atomic mass is 15.0. The van der Waals surface area contributed by atoms with Gasteiger partial charge in [0.2, 0.25) is 0 Å². The highest BCUT2D eigenvalue weighted by molar-refractivity contribution is 6.08. The van der Waals surface area contributed by atoms with Crippen molar-refractivity contribution in [3.05, 3.63) is 169 Å². The highest BCUT2D eigenvalue weighted by Crippen LogP contribution is 2.29. The third kappa shape index (κ3) is 13.7. The molecule has 1 aromatic heterocycles. The standard InChI is InChI=1S/C18H13N.2C7H8.C6H10.C2H6.H4N2/c1-2-6-13(7-3-1)14-10-11-18-16(12-14)15-8-4-5-9-17(15)19-18;2*1-7-5-3-2-4-6-7;1-3-5-6-4-2;2*1-2/h1-12,19H;2*2-6H,1H3;3-6H,1-2H3;1-2H3;1-2H2/b;;;5-3-,6-4-;;. The summed E-state index contributed by atoms with van der Waals surface area (Å²) in [6.45, 7) is 12.2. The summed E-state index contributed by atoms with van der Waals surface area (Å²) in [5, 5.41) is 2.58. The van der Waals surface area contributed by atoms with E-state index in [1.54, 1.807) is 0 Å². The number of hydrogen-bond donors (Lipinski definition) is 3. The number of aromatic amines is 1. The summed E-state index contributed by atoms with van der Waals surface area (Å²) >= 11 is 0. The second-order valence-electron chi connectivity index (χ2n) is 9.16. The number of allylic oxidation sites excluding steroid dienone is 4. The van der Waals surface area contributed by atoms with Gasteiger partial charge in [-0.1, -0.05) is 165 Å². The fourth-order valence-electron chi connectivity index (χ4n) is 3.95. The maximum absolute atomic E-state index is 4.00. The normalized spacial score (nSPS) is 9.67. The molecule has 0 unspecified atom stereocenters. The molecule has 0 spiro atoms. The lowest BCUT2D eigenvalue weighted by Crippen LogP contribution is -2.02. The van der Waals surface area contributed by atoms with Crippen molar-refractivity contribution in [1.29, 1.82) is 0 Å². The molecule has 43 heavy (non-hydrogen) atoms. The molecule has 0 aliphatic heterocycles. The molecule has 0 amide bonds. The monoisotopic (exact) mass is 571 g/mol. The van der Waals surface area contributed by atoms with Gasteiger partial charge in [-0.25, -0.2) is 0 Å². The summed E-state index contributed by atoms with van der Waals surface area (Å²) in [7, 11) is 0. The zero-order valence-corrected chi connectivity index (χ0v) is 26.7. The Balaban J connectivity index is 0.000000320. The molecule has 0 radical (unpaired) electrons. The topological polar surface area (TPSA) is 67.8 Å². The number of nitrogens with one attached hydrogen (secondary N) is 1. The van der Waals surface area contributed by atoms with E-state index in [4.69, 9.17) is 0 Å². The number of aromatic nitrogens is 1. The molecular weight excluding hydrogens is 522 g/mol. The molecule has 3 nitrogen and oxygen atoms in total. The number of H-pyrrole nitrogens is 1. The molecule has 0 bridgehead atoms. The number of aryl methyl sites for hydroxylation is 2. The molecule has 0 fully saturated rings. The SMILES string of the molecule is C/C=C\C=C/C.CC.Cc1ccccc1.Cc1ccccc1.NN.c1ccc(-c2ccc3[nH]c4ccccc4c3c2)cc1. The van der Waals surface area contributed by atoms with Gasteiger partial charge in [-0.05, 0) is 57.0 Å². The summed E-state index contributed by atoms with van der Waals surface area (Å²) in [6, 6.07) is 46.1. The number of nitrogens with two attached hydrogens (primary N) is 2. The molecule has 6 aromatic rings. The Bertz CT molecular complexity index is 1520. The zero-order valence-electron chi connectivity index (χ0n) is 26.7. The van der Waals surface area contributed by atoms with E-state index < -0.39 is 0 Å². The molecule has 0 aliphatic carbocycles. The van der Waals surface area contributed by atoms with Crippen molar-refractivity contribution in [2.75, 3.05) is 0 Å². The van der Waals surface area contributed by atoms with Crippen LogP contribution in [0, 0.1) is 13.8 Å². The summed E-state index contributed by atoms with van der Waals surface area (Å²) in [5.74, 6) is 8.00. The number of hydrogen-bond acceptors (Lipinski definition) is 2. The fourth-order valence-corrected chi connectivity index (χ4v) is 3.95. The van der Waals surface area contributed by atoms with Crippen molar-refractivity contribution in [2.45, 2.75) is 41.5 Å². The first-order valence-corrected chi connectivity index (χ1v) is 14.8. The van der Waals surface area contributed by atoms with E-state index >= 15 is 0 Å². The molecular formula is C40H49N3. The Morgan fingerprint density at radius 1 is 0.465 bits per heavy atom. The van der Waals surface area contributed by atoms with Gasteiger partial charge in [0.05, 0.1) is 0 Å². The van der Waals surface area contributed by atoms with Gasteiger partial charge in [-0.3, -0.25) is 11.7 Å². The van der Waals surface area contributed by atoms with Gasteiger partial charge in [-0.15, -0.1) is 0 Å². The molecule has 5 aromatic carbocycles. The fraction of sp³-hybridized carbons (Fsp3) is 0.150. The summed E-state index contributed by atoms with van der Waals surface area (Å²) in [6.07, 6.45) is 8.00. The summed E-state index contributed by atoms with van der Waals surface area (Å²) in [5.41, 5.74) is 7.56. The van der Waals surface area contributed by atoms with Gasteiger partial charge < -0.3 is 4.98 Å². The Hall–Kier alpha value is -4.70. The van der Waals surface area contributed by atoms with Gasteiger partial charge in [0, 0.05) is 21.8 Å². The smallest absolute Gasteiger partial charge is 0.0465 e. The average molecular weight is 572 g/mol. The van der Waals surface area contributed by atoms with E-state index in [1.807, 2.05) is 94.5 Å².